The van der Waals surface area contributed by atoms with Crippen molar-refractivity contribution in [1.82, 2.24) is 10.3 Å². The lowest BCUT2D eigenvalue weighted by Crippen LogP contribution is -2.19. The Morgan fingerprint density at radius 3 is 2.53 bits per heavy atom. The molecule has 1 atom stereocenters. The summed E-state index contributed by atoms with van der Waals surface area (Å²) in [5.74, 6) is 0.565. The van der Waals surface area contributed by atoms with Gasteiger partial charge in [0.05, 0.1) is 6.04 Å². The molecule has 0 saturated carbocycles. The number of halogens is 1. The highest BCUT2D eigenvalue weighted by Crippen LogP contribution is 2.25. The zero-order valence-electron chi connectivity index (χ0n) is 9.52. The van der Waals surface area contributed by atoms with Crippen LogP contribution in [0.25, 0.3) is 0 Å². The lowest BCUT2D eigenvalue weighted by molar-refractivity contribution is 0.691. The second kappa shape index (κ2) is 5.29. The Morgan fingerprint density at radius 2 is 1.94 bits per heavy atom. The number of nitrogens with one attached hydrogen (secondary N) is 1. The van der Waals surface area contributed by atoms with Crippen LogP contribution in [-0.4, -0.2) is 12.0 Å². The first-order valence-corrected chi connectivity index (χ1v) is 6.15. The number of benzene rings is 1. The van der Waals surface area contributed by atoms with E-state index in [0.717, 1.165) is 15.6 Å². The van der Waals surface area contributed by atoms with Crippen molar-refractivity contribution in [3.8, 4) is 0 Å². The highest BCUT2D eigenvalue weighted by atomic mass is 79.9. The first-order chi connectivity index (χ1) is 8.22. The van der Waals surface area contributed by atoms with E-state index in [4.69, 9.17) is 5.73 Å². The molecule has 1 unspecified atom stereocenters. The lowest BCUT2D eigenvalue weighted by atomic mass is 9.99. The summed E-state index contributed by atoms with van der Waals surface area (Å²) in [5, 5.41) is 3.26. The number of anilines is 1. The number of hydrogen-bond donors (Lipinski definition) is 2. The van der Waals surface area contributed by atoms with Crippen molar-refractivity contribution >= 4 is 21.7 Å². The van der Waals surface area contributed by atoms with Crippen molar-refractivity contribution in [2.45, 2.75) is 6.04 Å². The van der Waals surface area contributed by atoms with Gasteiger partial charge >= 0.3 is 0 Å². The summed E-state index contributed by atoms with van der Waals surface area (Å²) in [6.07, 6.45) is 1.70. The molecule has 0 aliphatic rings. The molecule has 0 saturated heterocycles. The molecule has 3 N–H and O–H groups in total. The molecule has 3 nitrogen and oxygen atoms in total. The maximum absolute atomic E-state index is 5.90. The van der Waals surface area contributed by atoms with Crippen LogP contribution < -0.4 is 11.1 Å². The summed E-state index contributed by atoms with van der Waals surface area (Å²) < 4.78 is 1.07. The van der Waals surface area contributed by atoms with Crippen molar-refractivity contribution in [3.63, 3.8) is 0 Å². The summed E-state index contributed by atoms with van der Waals surface area (Å²) in [6, 6.07) is 12.1. The molecule has 0 radical (unpaired) electrons. The number of nitrogens with two attached hydrogens (primary N) is 1. The van der Waals surface area contributed by atoms with Crippen LogP contribution in [0, 0.1) is 0 Å². The Hall–Kier alpha value is -1.39. The molecule has 2 rings (SSSR count). The number of nitrogen functional groups attached to an aromatic ring is 1. The van der Waals surface area contributed by atoms with E-state index in [0.29, 0.717) is 5.82 Å². The van der Waals surface area contributed by atoms with Gasteiger partial charge in [-0.3, -0.25) is 0 Å². The summed E-state index contributed by atoms with van der Waals surface area (Å²) in [7, 11) is 1.92. The lowest BCUT2D eigenvalue weighted by Gasteiger charge is -2.18. The van der Waals surface area contributed by atoms with Gasteiger partial charge in [-0.15, -0.1) is 0 Å². The van der Waals surface area contributed by atoms with Crippen LogP contribution in [0.1, 0.15) is 17.2 Å². The summed E-state index contributed by atoms with van der Waals surface area (Å²) in [4.78, 5) is 4.12. The Morgan fingerprint density at radius 1 is 1.24 bits per heavy atom. The predicted octanol–water partition coefficient (Wildman–Crippen LogP) is 2.74. The molecule has 0 amide bonds. The van der Waals surface area contributed by atoms with Gasteiger partial charge in [-0.05, 0) is 30.8 Å². The maximum Gasteiger partial charge on any atom is 0.128 e. The Bertz CT molecular complexity index is 496. The topological polar surface area (TPSA) is 50.9 Å². The zero-order chi connectivity index (χ0) is 12.3. The third-order valence-electron chi connectivity index (χ3n) is 2.67. The van der Waals surface area contributed by atoms with Gasteiger partial charge in [0, 0.05) is 16.2 Å². The molecule has 1 heterocycles. The molecule has 4 heteroatoms. The second-order valence-electron chi connectivity index (χ2n) is 3.75. The van der Waals surface area contributed by atoms with Crippen molar-refractivity contribution in [2.24, 2.45) is 0 Å². The van der Waals surface area contributed by atoms with Crippen LogP contribution >= 0.6 is 15.9 Å². The highest BCUT2D eigenvalue weighted by molar-refractivity contribution is 9.10. The van der Waals surface area contributed by atoms with Crippen molar-refractivity contribution in [3.05, 3.63) is 58.2 Å². The molecule has 88 valence electrons. The van der Waals surface area contributed by atoms with Gasteiger partial charge in [0.2, 0.25) is 0 Å². The van der Waals surface area contributed by atoms with Gasteiger partial charge in [-0.2, -0.15) is 0 Å². The fourth-order valence-electron chi connectivity index (χ4n) is 1.83. The average Bonchev–Trinajstić information content (AvgIpc) is 2.35. The van der Waals surface area contributed by atoms with E-state index in [1.165, 1.54) is 0 Å². The van der Waals surface area contributed by atoms with Gasteiger partial charge in [0.15, 0.2) is 0 Å². The Labute approximate surface area is 109 Å². The monoisotopic (exact) mass is 291 g/mol. The van der Waals surface area contributed by atoms with Crippen molar-refractivity contribution in [2.75, 3.05) is 12.8 Å². The largest absolute Gasteiger partial charge is 0.383 e. The fourth-order valence-corrected chi connectivity index (χ4v) is 2.10. The number of hydrogen-bond acceptors (Lipinski definition) is 3. The minimum atomic E-state index is 0.0665. The van der Waals surface area contributed by atoms with E-state index in [-0.39, 0.29) is 6.04 Å². The third kappa shape index (κ3) is 2.65. The van der Waals surface area contributed by atoms with E-state index in [1.807, 2.05) is 31.3 Å². The van der Waals surface area contributed by atoms with E-state index >= 15 is 0 Å². The van der Waals surface area contributed by atoms with Crippen LogP contribution in [0.4, 0.5) is 5.82 Å². The standard InChI is InChI=1S/C13H14BrN3/c1-16-12(9-4-6-10(14)7-5-9)11-3-2-8-17-13(11)15/h2-8,12,16H,1H3,(H2,15,17). The smallest absolute Gasteiger partial charge is 0.128 e. The number of rotatable bonds is 3. The number of pyridine rings is 1. The van der Waals surface area contributed by atoms with E-state index in [1.54, 1.807) is 6.20 Å². The normalized spacial score (nSPS) is 12.4. The Balaban J connectivity index is 2.40. The summed E-state index contributed by atoms with van der Waals surface area (Å²) in [6.45, 7) is 0. The van der Waals surface area contributed by atoms with Gasteiger partial charge < -0.3 is 11.1 Å². The first-order valence-electron chi connectivity index (χ1n) is 5.35. The van der Waals surface area contributed by atoms with Gasteiger partial charge in [0.1, 0.15) is 5.82 Å². The summed E-state index contributed by atoms with van der Waals surface area (Å²) in [5.41, 5.74) is 8.06. The second-order valence-corrected chi connectivity index (χ2v) is 4.67. The molecule has 2 aromatic rings. The predicted molar refractivity (Wildman–Crippen MR) is 73.7 cm³/mol. The number of aromatic nitrogens is 1. The van der Waals surface area contributed by atoms with Gasteiger partial charge in [-0.25, -0.2) is 4.98 Å². The minimum absolute atomic E-state index is 0.0665. The van der Waals surface area contributed by atoms with Crippen LogP contribution in [0.2, 0.25) is 0 Å². The number of nitrogens with zero attached hydrogens (tertiary/aromatic N) is 1. The molecular formula is C13H14BrN3. The SMILES string of the molecule is CNC(c1ccc(Br)cc1)c1cccnc1N. The molecule has 0 fully saturated rings. The van der Waals surface area contributed by atoms with E-state index in [9.17, 15) is 0 Å². The van der Waals surface area contributed by atoms with E-state index < -0.39 is 0 Å². The molecule has 1 aromatic heterocycles. The van der Waals surface area contributed by atoms with Crippen LogP contribution in [0.5, 0.6) is 0 Å². The fraction of sp³-hybridized carbons (Fsp3) is 0.154. The van der Waals surface area contributed by atoms with Gasteiger partial charge in [-0.1, -0.05) is 34.1 Å². The molecule has 0 bridgehead atoms. The Kier molecular flexibility index (Phi) is 3.76. The molecule has 1 aromatic carbocycles. The molecular weight excluding hydrogens is 278 g/mol. The van der Waals surface area contributed by atoms with Crippen molar-refractivity contribution in [1.29, 1.82) is 0 Å². The van der Waals surface area contributed by atoms with E-state index in [2.05, 4.69) is 38.4 Å². The molecule has 0 spiro atoms. The molecule has 0 aliphatic heterocycles. The highest BCUT2D eigenvalue weighted by Gasteiger charge is 2.14. The quantitative estimate of drug-likeness (QED) is 0.914. The first kappa shape index (κ1) is 12.1. The van der Waals surface area contributed by atoms with Crippen LogP contribution in [-0.2, 0) is 0 Å². The third-order valence-corrected chi connectivity index (χ3v) is 3.20. The average molecular weight is 292 g/mol. The van der Waals surface area contributed by atoms with Crippen molar-refractivity contribution < 1.29 is 0 Å². The van der Waals surface area contributed by atoms with Crippen LogP contribution in [0.15, 0.2) is 47.1 Å². The van der Waals surface area contributed by atoms with Gasteiger partial charge in [0.25, 0.3) is 0 Å². The molecule has 17 heavy (non-hydrogen) atoms. The van der Waals surface area contributed by atoms with Crippen LogP contribution in [0.3, 0.4) is 0 Å². The molecule has 0 aliphatic carbocycles. The minimum Gasteiger partial charge on any atom is -0.383 e. The summed E-state index contributed by atoms with van der Waals surface area (Å²) >= 11 is 3.43. The maximum atomic E-state index is 5.90. The zero-order valence-corrected chi connectivity index (χ0v) is 11.1.